The van der Waals surface area contributed by atoms with Crippen LogP contribution in [0.1, 0.15) is 44.0 Å². The molecule has 10 nitrogen and oxygen atoms in total. The summed E-state index contributed by atoms with van der Waals surface area (Å²) >= 11 is 0. The molecule has 0 unspecified atom stereocenters. The van der Waals surface area contributed by atoms with E-state index in [0.29, 0.717) is 24.2 Å². The molecule has 2 rings (SSSR count). The Labute approximate surface area is 143 Å². The smallest absolute Gasteiger partial charge is 0.410 e. The number of hydrogen-bond donors (Lipinski definition) is 2. The Morgan fingerprint density at radius 2 is 2.04 bits per heavy atom. The fraction of sp³-hybridized carbons (Fsp3) is 0.533. The van der Waals surface area contributed by atoms with Crippen LogP contribution in [0.3, 0.4) is 0 Å². The van der Waals surface area contributed by atoms with E-state index in [1.807, 2.05) is 0 Å². The third-order valence-electron chi connectivity index (χ3n) is 3.48. The summed E-state index contributed by atoms with van der Waals surface area (Å²) in [6, 6.07) is 0.215. The van der Waals surface area contributed by atoms with Gasteiger partial charge in [0.05, 0.1) is 6.20 Å². The first-order valence-corrected chi connectivity index (χ1v) is 7.72. The lowest BCUT2D eigenvalue weighted by Gasteiger charge is -2.27. The first-order valence-electron chi connectivity index (χ1n) is 7.72. The SMILES string of the molecule is CC(C)(C)OC(=O)N1CCC[C@H]1C(=O)Nn1nccc(C(=O)O)c1=O. The zero-order chi connectivity index (χ0) is 18.8. The molecule has 10 heteroatoms. The molecule has 1 aliphatic rings. The molecule has 0 aliphatic carbocycles. The van der Waals surface area contributed by atoms with Crippen LogP contribution in [-0.4, -0.2) is 56.1 Å². The van der Waals surface area contributed by atoms with Crippen molar-refractivity contribution in [3.63, 3.8) is 0 Å². The number of amides is 2. The molecule has 2 N–H and O–H groups in total. The van der Waals surface area contributed by atoms with Gasteiger partial charge in [0.1, 0.15) is 17.2 Å². The molecule has 1 atom stereocenters. The molecule has 0 spiro atoms. The summed E-state index contributed by atoms with van der Waals surface area (Å²) in [5, 5.41) is 12.6. The molecule has 1 aromatic rings. The second-order valence-corrected chi connectivity index (χ2v) is 6.57. The summed E-state index contributed by atoms with van der Waals surface area (Å²) in [6.45, 7) is 5.51. The topological polar surface area (TPSA) is 131 Å². The van der Waals surface area contributed by atoms with E-state index in [4.69, 9.17) is 9.84 Å². The largest absolute Gasteiger partial charge is 0.477 e. The van der Waals surface area contributed by atoms with E-state index in [2.05, 4.69) is 10.5 Å². The first-order chi connectivity index (χ1) is 11.6. The molecule has 0 bridgehead atoms. The fourth-order valence-corrected chi connectivity index (χ4v) is 2.41. The maximum Gasteiger partial charge on any atom is 0.410 e. The zero-order valence-corrected chi connectivity index (χ0v) is 14.2. The van der Waals surface area contributed by atoms with Crippen LogP contribution in [0, 0.1) is 0 Å². The van der Waals surface area contributed by atoms with E-state index >= 15 is 0 Å². The quantitative estimate of drug-likeness (QED) is 0.805. The third kappa shape index (κ3) is 4.34. The minimum atomic E-state index is -1.42. The third-order valence-corrected chi connectivity index (χ3v) is 3.48. The monoisotopic (exact) mass is 352 g/mol. The van der Waals surface area contributed by atoms with Gasteiger partial charge in [0.25, 0.3) is 5.91 Å². The van der Waals surface area contributed by atoms with Gasteiger partial charge in [-0.05, 0) is 39.7 Å². The highest BCUT2D eigenvalue weighted by molar-refractivity contribution is 5.92. The molecular formula is C15H20N4O6. The zero-order valence-electron chi connectivity index (χ0n) is 14.2. The molecule has 1 aliphatic heterocycles. The molecule has 1 fully saturated rings. The second kappa shape index (κ2) is 6.91. The summed E-state index contributed by atoms with van der Waals surface area (Å²) in [5.74, 6) is -2.06. The highest BCUT2D eigenvalue weighted by atomic mass is 16.6. The van der Waals surface area contributed by atoms with Crippen LogP contribution < -0.4 is 11.0 Å². The summed E-state index contributed by atoms with van der Waals surface area (Å²) in [7, 11) is 0. The van der Waals surface area contributed by atoms with Crippen LogP contribution in [0.4, 0.5) is 4.79 Å². The number of carbonyl (C=O) groups excluding carboxylic acids is 2. The minimum Gasteiger partial charge on any atom is -0.477 e. The van der Waals surface area contributed by atoms with Crippen molar-refractivity contribution in [2.75, 3.05) is 12.0 Å². The number of carboxylic acid groups (broad SMARTS) is 1. The van der Waals surface area contributed by atoms with Gasteiger partial charge in [-0.1, -0.05) is 0 Å². The van der Waals surface area contributed by atoms with Gasteiger partial charge in [0.15, 0.2) is 0 Å². The molecule has 2 heterocycles. The summed E-state index contributed by atoms with van der Waals surface area (Å²) in [5.41, 5.74) is 0.0471. The first kappa shape index (κ1) is 18.4. The van der Waals surface area contributed by atoms with Gasteiger partial charge in [-0.15, -0.1) is 4.79 Å². The summed E-state index contributed by atoms with van der Waals surface area (Å²) < 4.78 is 5.27. The Morgan fingerprint density at radius 1 is 1.36 bits per heavy atom. The maximum absolute atomic E-state index is 12.4. The molecule has 25 heavy (non-hydrogen) atoms. The van der Waals surface area contributed by atoms with Gasteiger partial charge < -0.3 is 9.84 Å². The lowest BCUT2D eigenvalue weighted by atomic mass is 10.2. The van der Waals surface area contributed by atoms with E-state index in [9.17, 15) is 19.2 Å². The number of carboxylic acids is 1. The van der Waals surface area contributed by atoms with E-state index in [1.165, 1.54) is 4.90 Å². The van der Waals surface area contributed by atoms with Gasteiger partial charge in [0, 0.05) is 6.54 Å². The van der Waals surface area contributed by atoms with Crippen molar-refractivity contribution in [1.82, 2.24) is 14.8 Å². The molecule has 2 amide bonds. The predicted octanol–water partition coefficient (Wildman–Crippen LogP) is 0.411. The standard InChI is InChI=1S/C15H20N4O6/c1-15(2,3)25-14(24)18-8-4-5-10(18)11(20)17-19-12(21)9(13(22)23)6-7-16-19/h6-7,10H,4-5,8H2,1-3H3,(H,17,20)(H,22,23)/t10-/m0/s1. The van der Waals surface area contributed by atoms with Gasteiger partial charge >= 0.3 is 17.6 Å². The van der Waals surface area contributed by atoms with Crippen LogP contribution >= 0.6 is 0 Å². The van der Waals surface area contributed by atoms with E-state index in [1.54, 1.807) is 20.8 Å². The number of aromatic nitrogens is 2. The summed E-state index contributed by atoms with van der Waals surface area (Å²) in [4.78, 5) is 49.4. The van der Waals surface area contributed by atoms with Crippen LogP contribution in [0.2, 0.25) is 0 Å². The number of aromatic carboxylic acids is 1. The highest BCUT2D eigenvalue weighted by Gasteiger charge is 2.37. The van der Waals surface area contributed by atoms with Crippen molar-refractivity contribution >= 4 is 18.0 Å². The van der Waals surface area contributed by atoms with Gasteiger partial charge in [-0.25, -0.2) is 15.0 Å². The van der Waals surface area contributed by atoms with E-state index in [-0.39, 0.29) is 0 Å². The maximum atomic E-state index is 12.4. The van der Waals surface area contributed by atoms with Crippen molar-refractivity contribution in [1.29, 1.82) is 0 Å². The molecule has 1 saturated heterocycles. The molecule has 0 saturated carbocycles. The molecule has 0 aromatic carbocycles. The molecule has 0 radical (unpaired) electrons. The second-order valence-electron chi connectivity index (χ2n) is 6.57. The molecule has 136 valence electrons. The minimum absolute atomic E-state index is 0.352. The van der Waals surface area contributed by atoms with E-state index in [0.717, 1.165) is 12.3 Å². The number of nitrogens with zero attached hydrogens (tertiary/aromatic N) is 3. The Balaban J connectivity index is 2.15. The van der Waals surface area contributed by atoms with Gasteiger partial charge in [-0.3, -0.25) is 14.5 Å². The van der Waals surface area contributed by atoms with Crippen molar-refractivity contribution in [3.8, 4) is 0 Å². The molecule has 1 aromatic heterocycles. The Morgan fingerprint density at radius 3 is 2.64 bits per heavy atom. The number of ether oxygens (including phenoxy) is 1. The van der Waals surface area contributed by atoms with Gasteiger partial charge in [0.2, 0.25) is 0 Å². The summed E-state index contributed by atoms with van der Waals surface area (Å²) in [6.07, 6.45) is 1.48. The van der Waals surface area contributed by atoms with E-state index < -0.39 is 40.7 Å². The van der Waals surface area contributed by atoms with Crippen LogP contribution in [0.5, 0.6) is 0 Å². The van der Waals surface area contributed by atoms with Crippen LogP contribution in [0.15, 0.2) is 17.1 Å². The van der Waals surface area contributed by atoms with Crippen molar-refractivity contribution in [2.24, 2.45) is 0 Å². The van der Waals surface area contributed by atoms with Gasteiger partial charge in [-0.2, -0.15) is 5.10 Å². The van der Waals surface area contributed by atoms with Crippen LogP contribution in [0.25, 0.3) is 0 Å². The van der Waals surface area contributed by atoms with Crippen LogP contribution in [-0.2, 0) is 9.53 Å². The Hall–Kier alpha value is -2.91. The Bertz CT molecular complexity index is 751. The average Bonchev–Trinajstić information content (AvgIpc) is 2.97. The van der Waals surface area contributed by atoms with Crippen molar-refractivity contribution in [2.45, 2.75) is 45.3 Å². The lowest BCUT2D eigenvalue weighted by molar-refractivity contribution is -0.121. The number of nitrogens with one attached hydrogen (secondary N) is 1. The fourth-order valence-electron chi connectivity index (χ4n) is 2.41. The highest BCUT2D eigenvalue weighted by Crippen LogP contribution is 2.21. The number of rotatable bonds is 3. The number of likely N-dealkylation sites (tertiary alicyclic amines) is 1. The normalized spacial score (nSPS) is 17.2. The lowest BCUT2D eigenvalue weighted by Crippen LogP contribution is -2.49. The Kier molecular flexibility index (Phi) is 5.10. The van der Waals surface area contributed by atoms with Crippen molar-refractivity contribution in [3.05, 3.63) is 28.2 Å². The average molecular weight is 352 g/mol. The number of carbonyl (C=O) groups is 3. The molecular weight excluding hydrogens is 332 g/mol. The predicted molar refractivity (Wildman–Crippen MR) is 85.8 cm³/mol. The van der Waals surface area contributed by atoms with Crippen molar-refractivity contribution < 1.29 is 24.2 Å². The number of hydrogen-bond acceptors (Lipinski definition) is 6.